The molecule has 0 amide bonds. The minimum Gasteiger partial charge on any atom is -0.403 e. The predicted octanol–water partition coefficient (Wildman–Crippen LogP) is 4.00. The van der Waals surface area contributed by atoms with Crippen LogP contribution in [0.2, 0.25) is 0 Å². The molecule has 31 heavy (non-hydrogen) atoms. The Morgan fingerprint density at radius 3 is 2.52 bits per heavy atom. The highest BCUT2D eigenvalue weighted by Crippen LogP contribution is 2.34. The van der Waals surface area contributed by atoms with Gasteiger partial charge < -0.3 is 20.4 Å². The summed E-state index contributed by atoms with van der Waals surface area (Å²) in [7, 11) is 0. The molecule has 1 aliphatic rings. The fourth-order valence-electron chi connectivity index (χ4n) is 4.27. The fraction of sp³-hybridized carbons (Fsp3) is 0.391. The van der Waals surface area contributed by atoms with E-state index in [0.29, 0.717) is 12.3 Å². The van der Waals surface area contributed by atoms with Crippen molar-refractivity contribution in [1.82, 2.24) is 9.88 Å². The monoisotopic (exact) mass is 429 g/mol. The third-order valence-electron chi connectivity index (χ3n) is 5.97. The van der Waals surface area contributed by atoms with E-state index < -0.39 is 6.43 Å². The van der Waals surface area contributed by atoms with Crippen molar-refractivity contribution in [3.63, 3.8) is 0 Å². The summed E-state index contributed by atoms with van der Waals surface area (Å²) in [4.78, 5) is 0. The molecule has 3 aromatic rings. The van der Waals surface area contributed by atoms with E-state index in [-0.39, 0.29) is 11.7 Å². The topological polar surface area (TPSA) is 81.5 Å². The van der Waals surface area contributed by atoms with Gasteiger partial charge in [-0.05, 0) is 63.2 Å². The first kappa shape index (κ1) is 21.5. The van der Waals surface area contributed by atoms with Crippen LogP contribution in [0, 0.1) is 0 Å². The highest BCUT2D eigenvalue weighted by atomic mass is 19.3. The van der Waals surface area contributed by atoms with Crippen LogP contribution >= 0.6 is 0 Å². The van der Waals surface area contributed by atoms with Gasteiger partial charge in [0.1, 0.15) is 0 Å². The van der Waals surface area contributed by atoms with Crippen LogP contribution in [0.25, 0.3) is 21.8 Å². The summed E-state index contributed by atoms with van der Waals surface area (Å²) in [5.74, 6) is 6.38. The van der Waals surface area contributed by atoms with Gasteiger partial charge in [0, 0.05) is 40.1 Å². The number of rotatable bonds is 7. The van der Waals surface area contributed by atoms with Crippen molar-refractivity contribution in [2.75, 3.05) is 24.7 Å². The summed E-state index contributed by atoms with van der Waals surface area (Å²) in [5, 5.41) is 6.48. The smallest absolute Gasteiger partial charge is 0.263 e. The number of nitrogens with one attached hydrogen (secondary N) is 1. The average molecular weight is 430 g/mol. The summed E-state index contributed by atoms with van der Waals surface area (Å²) < 4.78 is 34.7. The molecule has 166 valence electrons. The molecule has 0 atom stereocenters. The van der Waals surface area contributed by atoms with E-state index in [4.69, 9.17) is 16.3 Å². The number of hydrogen-bond acceptors (Lipinski definition) is 5. The second kappa shape index (κ2) is 9.21. The zero-order chi connectivity index (χ0) is 22.0. The van der Waals surface area contributed by atoms with Crippen LogP contribution in [0.15, 0.2) is 48.3 Å². The lowest BCUT2D eigenvalue weighted by Crippen LogP contribution is -2.36. The molecule has 6 nitrogen and oxygen atoms in total. The number of anilines is 1. The van der Waals surface area contributed by atoms with Crippen LogP contribution in [0.4, 0.5) is 14.5 Å². The van der Waals surface area contributed by atoms with Gasteiger partial charge >= 0.3 is 0 Å². The van der Waals surface area contributed by atoms with Gasteiger partial charge in [-0.25, -0.2) is 14.6 Å². The largest absolute Gasteiger partial charge is 0.403 e. The van der Waals surface area contributed by atoms with Crippen molar-refractivity contribution in [3.05, 3.63) is 53.9 Å². The quantitative estimate of drug-likeness (QED) is 0.391. The molecule has 1 saturated heterocycles. The van der Waals surface area contributed by atoms with Gasteiger partial charge in [0.15, 0.2) is 0 Å². The first-order valence-electron chi connectivity index (χ1n) is 10.7. The number of aryl methyl sites for hydroxylation is 1. The van der Waals surface area contributed by atoms with Crippen molar-refractivity contribution >= 4 is 27.5 Å². The predicted molar refractivity (Wildman–Crippen MR) is 121 cm³/mol. The third-order valence-corrected chi connectivity index (χ3v) is 5.97. The normalized spacial score (nSPS) is 16.0. The third kappa shape index (κ3) is 4.23. The Hall–Kier alpha value is -2.68. The Balaban J connectivity index is 1.66. The van der Waals surface area contributed by atoms with Gasteiger partial charge in [-0.3, -0.25) is 5.01 Å². The molecule has 8 heteroatoms. The molecular weight excluding hydrogens is 400 g/mol. The molecule has 0 aliphatic carbocycles. The van der Waals surface area contributed by atoms with Crippen LogP contribution < -0.4 is 21.9 Å². The van der Waals surface area contributed by atoms with Crippen molar-refractivity contribution in [3.8, 4) is 0 Å². The zero-order valence-electron chi connectivity index (χ0n) is 17.7. The number of hydrogen-bond donors (Lipinski definition) is 3. The molecule has 0 unspecified atom stereocenters. The number of nitrogens with two attached hydrogens (primary N) is 2. The van der Waals surface area contributed by atoms with E-state index in [9.17, 15) is 8.78 Å². The lowest BCUT2D eigenvalue weighted by molar-refractivity contribution is 0.0465. The van der Waals surface area contributed by atoms with Gasteiger partial charge in [-0.1, -0.05) is 6.07 Å². The van der Waals surface area contributed by atoms with Crippen molar-refractivity contribution in [2.24, 2.45) is 11.6 Å². The minimum absolute atomic E-state index is 0.00979. The van der Waals surface area contributed by atoms with Gasteiger partial charge in [-0.15, -0.1) is 0 Å². The van der Waals surface area contributed by atoms with Crippen molar-refractivity contribution in [1.29, 1.82) is 0 Å². The number of piperidine rings is 1. The Kier molecular flexibility index (Phi) is 6.41. The maximum absolute atomic E-state index is 13.3. The number of nitrogens with zero attached hydrogens (tertiary/aromatic N) is 2. The van der Waals surface area contributed by atoms with Gasteiger partial charge in [0.25, 0.3) is 6.43 Å². The lowest BCUT2D eigenvalue weighted by Gasteiger charge is -2.26. The molecule has 1 fully saturated rings. The molecule has 0 radical (unpaired) electrons. The van der Waals surface area contributed by atoms with Gasteiger partial charge in [0.05, 0.1) is 24.1 Å². The first-order chi connectivity index (χ1) is 15.0. The molecule has 4 rings (SSSR count). The average Bonchev–Trinajstić information content (AvgIpc) is 3.12. The number of aromatic nitrogens is 1. The van der Waals surface area contributed by atoms with Crippen molar-refractivity contribution < 1.29 is 13.5 Å². The minimum atomic E-state index is -2.52. The van der Waals surface area contributed by atoms with E-state index >= 15 is 0 Å². The molecule has 2 aromatic carbocycles. The van der Waals surface area contributed by atoms with Crippen LogP contribution in [-0.4, -0.2) is 30.4 Å². The van der Waals surface area contributed by atoms with Crippen LogP contribution in [0.5, 0.6) is 0 Å². The first-order valence-corrected chi connectivity index (χ1v) is 10.7. The molecule has 0 bridgehead atoms. The molecule has 2 heterocycles. The van der Waals surface area contributed by atoms with Gasteiger partial charge in [-0.2, -0.15) is 0 Å². The molecule has 5 N–H and O–H groups in total. The number of fused-ring (bicyclic) bond motifs is 3. The highest BCUT2D eigenvalue weighted by Gasteiger charge is 2.18. The van der Waals surface area contributed by atoms with E-state index in [1.165, 1.54) is 17.3 Å². The Morgan fingerprint density at radius 2 is 1.87 bits per heavy atom. The van der Waals surface area contributed by atoms with Crippen LogP contribution in [-0.2, 0) is 11.3 Å². The number of halogens is 2. The van der Waals surface area contributed by atoms with E-state index in [1.54, 1.807) is 12.1 Å². The summed E-state index contributed by atoms with van der Waals surface area (Å²) in [5.41, 5.74) is 9.12. The molecule has 0 spiro atoms. The summed E-state index contributed by atoms with van der Waals surface area (Å²) in [6.45, 7) is 4.96. The Morgan fingerprint density at radius 1 is 1.19 bits per heavy atom. The van der Waals surface area contributed by atoms with Crippen molar-refractivity contribution in [2.45, 2.75) is 38.8 Å². The van der Waals surface area contributed by atoms with E-state index in [1.807, 2.05) is 25.1 Å². The zero-order valence-corrected chi connectivity index (χ0v) is 17.7. The Bertz CT molecular complexity index is 1090. The number of alkyl halides is 2. The Labute approximate surface area is 180 Å². The van der Waals surface area contributed by atoms with Crippen LogP contribution in [0.3, 0.4) is 0 Å². The van der Waals surface area contributed by atoms with Gasteiger partial charge in [0.2, 0.25) is 0 Å². The SMILES string of the molecule is CCn1c2ccc(C(F)F)cc2c2cc(N(N)/C(=C\N)COC3CCNCC3)ccc21. The fourth-order valence-corrected chi connectivity index (χ4v) is 4.27. The second-order valence-electron chi connectivity index (χ2n) is 7.81. The molecule has 0 saturated carbocycles. The summed E-state index contributed by atoms with van der Waals surface area (Å²) in [6.07, 6.45) is 1.03. The standard InChI is InChI=1S/C23H29F2N5O/c1-2-29-21-5-3-15(23(24)25)11-19(21)20-12-16(4-6-22(20)29)30(27)17(13-26)14-31-18-7-9-28-10-8-18/h3-6,11-13,18,23,28H,2,7-10,14,26-27H2,1H3/b17-13-. The van der Waals surface area contributed by atoms with Crippen LogP contribution in [0.1, 0.15) is 31.8 Å². The molecular formula is C23H29F2N5O. The maximum atomic E-state index is 13.3. The van der Waals surface area contributed by atoms with E-state index in [0.717, 1.165) is 60.0 Å². The lowest BCUT2D eigenvalue weighted by atomic mass is 10.1. The molecule has 1 aromatic heterocycles. The number of benzene rings is 2. The number of ether oxygens (including phenoxy) is 1. The number of hydrazine groups is 1. The maximum Gasteiger partial charge on any atom is 0.263 e. The summed E-state index contributed by atoms with van der Waals surface area (Å²) in [6, 6.07) is 10.6. The second-order valence-corrected chi connectivity index (χ2v) is 7.81. The highest BCUT2D eigenvalue weighted by molar-refractivity contribution is 6.09. The summed E-state index contributed by atoms with van der Waals surface area (Å²) >= 11 is 0. The van der Waals surface area contributed by atoms with E-state index in [2.05, 4.69) is 9.88 Å². The molecule has 1 aliphatic heterocycles.